The zero-order valence-corrected chi connectivity index (χ0v) is 15.4. The van der Waals surface area contributed by atoms with Crippen LogP contribution in [0.1, 0.15) is 0 Å². The van der Waals surface area contributed by atoms with E-state index in [0.29, 0.717) is 12.2 Å². The maximum Gasteiger partial charge on any atom is 0.336 e. The summed E-state index contributed by atoms with van der Waals surface area (Å²) in [6.07, 6.45) is 2.79. The summed E-state index contributed by atoms with van der Waals surface area (Å²) in [6, 6.07) is 8.40. The quantitative estimate of drug-likeness (QED) is 0.176. The predicted octanol–water partition coefficient (Wildman–Crippen LogP) is 5.30. The maximum absolute atomic E-state index is 12.8. The van der Waals surface area contributed by atoms with Crippen LogP contribution in [-0.4, -0.2) is 13.2 Å². The highest BCUT2D eigenvalue weighted by molar-refractivity contribution is 5.77. The van der Waals surface area contributed by atoms with Crippen LogP contribution in [0.4, 0.5) is 22.0 Å². The molecule has 9 heteroatoms. The van der Waals surface area contributed by atoms with Crippen LogP contribution in [0.2, 0.25) is 0 Å². The van der Waals surface area contributed by atoms with Crippen molar-refractivity contribution in [1.29, 1.82) is 0 Å². The lowest BCUT2D eigenvalue weighted by atomic mass is 10.2. The summed E-state index contributed by atoms with van der Waals surface area (Å²) in [6.45, 7) is 6.83. The number of hydrogen-bond donors (Lipinski definition) is 0. The van der Waals surface area contributed by atoms with Crippen LogP contribution in [0.15, 0.2) is 64.9 Å². The largest absolute Gasteiger partial charge is 0.490 e. The molecule has 0 aliphatic carbocycles. The third-order valence-electron chi connectivity index (χ3n) is 3.47. The van der Waals surface area contributed by atoms with Crippen LogP contribution < -0.4 is 15.1 Å². The summed E-state index contributed by atoms with van der Waals surface area (Å²) in [5, 5.41) is 0.844. The molecular formula is C21H15F5O4. The Kier molecular flexibility index (Phi) is 7.74. The Morgan fingerprint density at radius 3 is 1.97 bits per heavy atom. The van der Waals surface area contributed by atoms with Crippen molar-refractivity contribution in [2.45, 2.75) is 0 Å². The smallest absolute Gasteiger partial charge is 0.336 e. The summed E-state index contributed by atoms with van der Waals surface area (Å²) in [7, 11) is 0. The molecule has 0 radical (unpaired) electrons. The number of rotatable bonds is 6. The zero-order chi connectivity index (χ0) is 22.3. The molecular weight excluding hydrogens is 411 g/mol. The van der Waals surface area contributed by atoms with E-state index in [9.17, 15) is 26.7 Å². The van der Waals surface area contributed by atoms with Crippen molar-refractivity contribution in [2.24, 2.45) is 0 Å². The highest BCUT2D eigenvalue weighted by Crippen LogP contribution is 2.28. The summed E-state index contributed by atoms with van der Waals surface area (Å²) < 4.78 is 78.0. The lowest BCUT2D eigenvalue weighted by Gasteiger charge is -2.07. The van der Waals surface area contributed by atoms with Gasteiger partial charge in [0.15, 0.2) is 5.75 Å². The number of fused-ring (bicyclic) bond motifs is 1. The minimum atomic E-state index is -2.21. The normalized spacial score (nSPS) is 10.2. The molecule has 0 N–H and O–H groups in total. The Bertz CT molecular complexity index is 1100. The van der Waals surface area contributed by atoms with E-state index in [1.165, 1.54) is 6.07 Å². The van der Waals surface area contributed by atoms with Crippen LogP contribution in [0, 0.1) is 29.1 Å². The molecule has 4 nitrogen and oxygen atoms in total. The van der Waals surface area contributed by atoms with Gasteiger partial charge in [-0.15, -0.1) is 0 Å². The molecule has 0 unspecified atom stereocenters. The second-order valence-electron chi connectivity index (χ2n) is 5.55. The van der Waals surface area contributed by atoms with Crippen molar-refractivity contribution in [3.05, 3.63) is 95.1 Å². The van der Waals surface area contributed by atoms with Gasteiger partial charge in [0, 0.05) is 11.5 Å². The van der Waals surface area contributed by atoms with Crippen LogP contribution >= 0.6 is 0 Å². The molecule has 0 aliphatic rings. The van der Waals surface area contributed by atoms with Gasteiger partial charge in [0.2, 0.25) is 29.1 Å². The average molecular weight is 426 g/mol. The number of benzene rings is 2. The molecule has 0 fully saturated rings. The predicted molar refractivity (Wildman–Crippen MR) is 100 cm³/mol. The Hall–Kier alpha value is -3.62. The van der Waals surface area contributed by atoms with E-state index < -0.39 is 34.8 Å². The first-order chi connectivity index (χ1) is 14.3. The molecule has 0 saturated carbocycles. The Balaban J connectivity index is 0.000000214. The fourth-order valence-corrected chi connectivity index (χ4v) is 2.15. The van der Waals surface area contributed by atoms with Crippen LogP contribution in [0.3, 0.4) is 0 Å². The molecule has 30 heavy (non-hydrogen) atoms. The highest BCUT2D eigenvalue weighted by Gasteiger charge is 2.26. The van der Waals surface area contributed by atoms with E-state index in [2.05, 4.69) is 17.9 Å². The van der Waals surface area contributed by atoms with E-state index in [0.717, 1.165) is 17.2 Å². The van der Waals surface area contributed by atoms with Gasteiger partial charge in [0.1, 0.15) is 24.5 Å². The van der Waals surface area contributed by atoms with Gasteiger partial charge < -0.3 is 13.9 Å². The molecule has 0 amide bonds. The van der Waals surface area contributed by atoms with E-state index in [-0.39, 0.29) is 12.2 Å². The molecule has 1 aromatic heterocycles. The van der Waals surface area contributed by atoms with Crippen molar-refractivity contribution in [3.63, 3.8) is 0 Å². The Morgan fingerprint density at radius 2 is 1.37 bits per heavy atom. The van der Waals surface area contributed by atoms with Crippen molar-refractivity contribution in [1.82, 2.24) is 0 Å². The van der Waals surface area contributed by atoms with Gasteiger partial charge in [-0.25, -0.2) is 18.0 Å². The third-order valence-corrected chi connectivity index (χ3v) is 3.47. The van der Waals surface area contributed by atoms with Gasteiger partial charge in [-0.3, -0.25) is 0 Å². The monoisotopic (exact) mass is 426 g/mol. The molecule has 0 atom stereocenters. The molecule has 1 heterocycles. The van der Waals surface area contributed by atoms with Crippen molar-refractivity contribution in [3.8, 4) is 11.5 Å². The number of ether oxygens (including phenoxy) is 2. The standard InChI is InChI=1S/C12H10O3.C9H5F5O/c1-2-7-14-10-4-5-11-9(8-10)3-6-12(13)15-11;1-2-3-15-9-7(13)5(11)4(10)6(12)8(9)14/h2-6,8H,1,7H2;2H,1,3H2. The highest BCUT2D eigenvalue weighted by atomic mass is 19.2. The third kappa shape index (κ3) is 5.25. The van der Waals surface area contributed by atoms with Gasteiger partial charge in [-0.1, -0.05) is 25.3 Å². The van der Waals surface area contributed by atoms with E-state index in [1.807, 2.05) is 6.07 Å². The van der Waals surface area contributed by atoms with Crippen LogP contribution in [-0.2, 0) is 0 Å². The molecule has 3 rings (SSSR count). The van der Waals surface area contributed by atoms with Crippen LogP contribution in [0.5, 0.6) is 11.5 Å². The first-order valence-electron chi connectivity index (χ1n) is 8.32. The fraction of sp³-hybridized carbons (Fsp3) is 0.0952. The van der Waals surface area contributed by atoms with Gasteiger partial charge in [-0.05, 0) is 24.3 Å². The number of halogens is 5. The van der Waals surface area contributed by atoms with Crippen molar-refractivity contribution < 1.29 is 35.8 Å². The second-order valence-corrected chi connectivity index (χ2v) is 5.55. The second kappa shape index (κ2) is 10.2. The van der Waals surface area contributed by atoms with Crippen LogP contribution in [0.25, 0.3) is 11.0 Å². The summed E-state index contributed by atoms with van der Waals surface area (Å²) in [5.41, 5.74) is 0.218. The molecule has 0 spiro atoms. The first-order valence-corrected chi connectivity index (χ1v) is 8.32. The summed E-state index contributed by atoms with van der Waals surface area (Å²) >= 11 is 0. The van der Waals surface area contributed by atoms with Gasteiger partial charge in [0.25, 0.3) is 0 Å². The Morgan fingerprint density at radius 1 is 0.800 bits per heavy atom. The molecule has 0 saturated heterocycles. The zero-order valence-electron chi connectivity index (χ0n) is 15.4. The molecule has 0 bridgehead atoms. The molecule has 158 valence electrons. The van der Waals surface area contributed by atoms with E-state index in [1.54, 1.807) is 24.3 Å². The minimum Gasteiger partial charge on any atom is -0.490 e. The van der Waals surface area contributed by atoms with Gasteiger partial charge in [0.05, 0.1) is 0 Å². The summed E-state index contributed by atoms with van der Waals surface area (Å²) in [4.78, 5) is 10.9. The average Bonchev–Trinajstić information content (AvgIpc) is 2.75. The summed E-state index contributed by atoms with van der Waals surface area (Å²) in [5.74, 6) is -10.8. The van der Waals surface area contributed by atoms with E-state index in [4.69, 9.17) is 9.15 Å². The minimum absolute atomic E-state index is 0.345. The lowest BCUT2D eigenvalue weighted by molar-refractivity contribution is 0.287. The lowest BCUT2D eigenvalue weighted by Crippen LogP contribution is -2.06. The molecule has 3 aromatic rings. The maximum atomic E-state index is 12.8. The topological polar surface area (TPSA) is 48.7 Å². The Labute approximate surface area is 167 Å². The fourth-order valence-electron chi connectivity index (χ4n) is 2.15. The van der Waals surface area contributed by atoms with E-state index >= 15 is 0 Å². The van der Waals surface area contributed by atoms with Crippen molar-refractivity contribution >= 4 is 11.0 Å². The van der Waals surface area contributed by atoms with Gasteiger partial charge >= 0.3 is 5.63 Å². The first kappa shape index (κ1) is 22.7. The van der Waals surface area contributed by atoms with Crippen molar-refractivity contribution in [2.75, 3.05) is 13.2 Å². The molecule has 2 aromatic carbocycles. The van der Waals surface area contributed by atoms with Gasteiger partial charge in [-0.2, -0.15) is 8.78 Å². The SMILES string of the molecule is C=CCOc1c(F)c(F)c(F)c(F)c1F.C=CCOc1ccc2oc(=O)ccc2c1. The molecule has 0 aliphatic heterocycles. The number of hydrogen-bond acceptors (Lipinski definition) is 4.